The third-order valence-electron chi connectivity index (χ3n) is 1.71. The zero-order valence-electron chi connectivity index (χ0n) is 7.44. The van der Waals surface area contributed by atoms with Crippen LogP contribution in [-0.4, -0.2) is 33.5 Å². The fourth-order valence-corrected chi connectivity index (χ4v) is 1.45. The van der Waals surface area contributed by atoms with Crippen molar-refractivity contribution in [3.63, 3.8) is 0 Å². The van der Waals surface area contributed by atoms with Crippen LogP contribution in [0.2, 0.25) is 0 Å². The Hall–Kier alpha value is -1.10. The fourth-order valence-electron chi connectivity index (χ4n) is 1.10. The van der Waals surface area contributed by atoms with Crippen LogP contribution in [0.5, 0.6) is 0 Å². The summed E-state index contributed by atoms with van der Waals surface area (Å²) in [5.41, 5.74) is 0.662. The number of nitrogens with zero attached hydrogens (tertiary/aromatic N) is 2. The van der Waals surface area contributed by atoms with Crippen molar-refractivity contribution in [1.82, 2.24) is 0 Å². The van der Waals surface area contributed by atoms with Crippen LogP contribution in [0.3, 0.4) is 0 Å². The van der Waals surface area contributed by atoms with E-state index in [1.807, 2.05) is 6.92 Å². The molecule has 0 aromatic carbocycles. The number of hydrogen-bond donors (Lipinski definition) is 1. The summed E-state index contributed by atoms with van der Waals surface area (Å²) >= 11 is 4.96. The number of thiocarbonyl (C=S) groups is 1. The molecule has 1 aliphatic rings. The zero-order chi connectivity index (χ0) is 10.0. The molecular weight excluding hydrogens is 188 g/mol. The van der Waals surface area contributed by atoms with Crippen LogP contribution in [0.1, 0.15) is 20.3 Å². The molecule has 1 atom stereocenters. The van der Waals surface area contributed by atoms with Crippen molar-refractivity contribution in [1.29, 1.82) is 0 Å². The average Bonchev–Trinajstić information content (AvgIpc) is 2.08. The minimum absolute atomic E-state index is 0.334. The van der Waals surface area contributed by atoms with E-state index in [9.17, 15) is 4.79 Å². The van der Waals surface area contributed by atoms with Gasteiger partial charge in [-0.2, -0.15) is 0 Å². The molecule has 0 aromatic rings. The topological polar surface area (TPSA) is 62.0 Å². The van der Waals surface area contributed by atoms with E-state index in [4.69, 9.17) is 17.3 Å². The molecule has 0 saturated carbocycles. The monoisotopic (exact) mass is 198 g/mol. The molecule has 0 aromatic heterocycles. The molecule has 70 valence electrons. The first-order valence-corrected chi connectivity index (χ1v) is 4.36. The second-order valence-corrected chi connectivity index (χ2v) is 3.13. The Bertz CT molecular complexity index is 320. The lowest BCUT2D eigenvalue weighted by molar-refractivity contribution is -0.136. The van der Waals surface area contributed by atoms with E-state index in [-0.39, 0.29) is 0 Å². The number of aliphatic carboxylic acids is 1. The molecule has 0 saturated heterocycles. The predicted octanol–water partition coefficient (Wildman–Crippen LogP) is 1.09. The molecule has 0 amide bonds. The van der Waals surface area contributed by atoms with E-state index < -0.39 is 12.0 Å². The third-order valence-corrected chi connectivity index (χ3v) is 2.17. The molecule has 1 aliphatic heterocycles. The van der Waals surface area contributed by atoms with E-state index in [1.54, 1.807) is 6.92 Å². The maximum atomic E-state index is 10.7. The molecule has 13 heavy (non-hydrogen) atoms. The number of carboxylic acid groups (broad SMARTS) is 1. The summed E-state index contributed by atoms with van der Waals surface area (Å²) in [6, 6.07) is -0.914. The van der Waals surface area contributed by atoms with E-state index in [2.05, 4.69) is 9.98 Å². The van der Waals surface area contributed by atoms with Gasteiger partial charge >= 0.3 is 5.97 Å². The zero-order valence-corrected chi connectivity index (χ0v) is 8.26. The van der Waals surface area contributed by atoms with Crippen molar-refractivity contribution in [2.24, 2.45) is 9.98 Å². The minimum atomic E-state index is -1.01. The molecule has 4 nitrogen and oxygen atoms in total. The summed E-state index contributed by atoms with van der Waals surface area (Å²) in [4.78, 5) is 19.0. The maximum Gasteiger partial charge on any atom is 0.334 e. The highest BCUT2D eigenvalue weighted by molar-refractivity contribution is 7.82. The van der Waals surface area contributed by atoms with Gasteiger partial charge in [-0.15, -0.1) is 0 Å². The van der Waals surface area contributed by atoms with Crippen molar-refractivity contribution in [2.45, 2.75) is 26.3 Å². The Morgan fingerprint density at radius 3 is 2.77 bits per heavy atom. The van der Waals surface area contributed by atoms with Crippen molar-refractivity contribution in [3.05, 3.63) is 0 Å². The Morgan fingerprint density at radius 1 is 1.69 bits per heavy atom. The van der Waals surface area contributed by atoms with E-state index >= 15 is 0 Å². The van der Waals surface area contributed by atoms with Crippen LogP contribution >= 0.6 is 12.2 Å². The lowest BCUT2D eigenvalue weighted by atomic mass is 10.1. The van der Waals surface area contributed by atoms with Gasteiger partial charge in [0.05, 0.1) is 10.6 Å². The van der Waals surface area contributed by atoms with Gasteiger partial charge in [0.25, 0.3) is 0 Å². The smallest absolute Gasteiger partial charge is 0.334 e. The molecule has 1 N–H and O–H groups in total. The highest BCUT2D eigenvalue weighted by atomic mass is 32.1. The number of aliphatic imine (C=N–C) groups is 2. The van der Waals surface area contributed by atoms with Crippen LogP contribution in [0.25, 0.3) is 0 Å². The highest BCUT2D eigenvalue weighted by Crippen LogP contribution is 2.08. The average molecular weight is 198 g/mol. The van der Waals surface area contributed by atoms with Crippen LogP contribution in [0.4, 0.5) is 0 Å². The van der Waals surface area contributed by atoms with Crippen molar-refractivity contribution in [2.75, 3.05) is 0 Å². The molecule has 0 radical (unpaired) electrons. The summed E-state index contributed by atoms with van der Waals surface area (Å²) < 4.78 is 0. The number of rotatable bonds is 2. The highest BCUT2D eigenvalue weighted by Gasteiger charge is 2.27. The molecule has 5 heteroatoms. The molecule has 1 rings (SSSR count). The fraction of sp³-hybridized carbons (Fsp3) is 0.500. The molecule has 0 spiro atoms. The van der Waals surface area contributed by atoms with Gasteiger partial charge in [-0.1, -0.05) is 19.1 Å². The summed E-state index contributed by atoms with van der Waals surface area (Å²) in [6.45, 7) is 3.57. The predicted molar refractivity (Wildman–Crippen MR) is 54.9 cm³/mol. The molecule has 1 heterocycles. The van der Waals surface area contributed by atoms with Crippen molar-refractivity contribution >= 4 is 34.6 Å². The lowest BCUT2D eigenvalue weighted by Crippen LogP contribution is -2.36. The summed E-state index contributed by atoms with van der Waals surface area (Å²) in [5.74, 6) is -0.525. The number of hydrogen-bond acceptors (Lipinski definition) is 4. The van der Waals surface area contributed by atoms with E-state index in [0.29, 0.717) is 22.8 Å². The number of carboxylic acids is 1. The van der Waals surface area contributed by atoms with Gasteiger partial charge in [-0.3, -0.25) is 0 Å². The van der Waals surface area contributed by atoms with Crippen LogP contribution in [-0.2, 0) is 4.79 Å². The summed E-state index contributed by atoms with van der Waals surface area (Å²) in [7, 11) is 0. The minimum Gasteiger partial charge on any atom is -0.479 e. The lowest BCUT2D eigenvalue weighted by Gasteiger charge is -2.15. The number of carbonyl (C=O) groups is 1. The Balaban J connectivity index is 3.02. The van der Waals surface area contributed by atoms with Gasteiger partial charge in [0.1, 0.15) is 5.84 Å². The van der Waals surface area contributed by atoms with Gasteiger partial charge in [-0.05, 0) is 13.3 Å². The maximum absolute atomic E-state index is 10.7. The first-order valence-electron chi connectivity index (χ1n) is 3.95. The standard InChI is InChI=1S/C8H10N2O2S/c1-3-5-7(13)6(8(11)12)10-4(2)9-5/h6H,3H2,1-2H3,(H,11,12). The van der Waals surface area contributed by atoms with Crippen molar-refractivity contribution in [3.8, 4) is 0 Å². The van der Waals surface area contributed by atoms with Gasteiger partial charge in [0.2, 0.25) is 0 Å². The Morgan fingerprint density at radius 2 is 2.31 bits per heavy atom. The van der Waals surface area contributed by atoms with Crippen LogP contribution in [0.15, 0.2) is 9.98 Å². The quantitative estimate of drug-likeness (QED) is 0.676. The van der Waals surface area contributed by atoms with Gasteiger partial charge in [0.15, 0.2) is 6.04 Å². The number of amidine groups is 1. The third kappa shape index (κ3) is 1.98. The molecule has 0 bridgehead atoms. The molecule has 0 aliphatic carbocycles. The van der Waals surface area contributed by atoms with Crippen LogP contribution < -0.4 is 0 Å². The summed E-state index contributed by atoms with van der Waals surface area (Å²) in [6.07, 6.45) is 0.648. The molecule has 0 fully saturated rings. The van der Waals surface area contributed by atoms with Crippen molar-refractivity contribution < 1.29 is 9.90 Å². The van der Waals surface area contributed by atoms with Gasteiger partial charge < -0.3 is 5.11 Å². The van der Waals surface area contributed by atoms with Gasteiger partial charge in [0, 0.05) is 0 Å². The van der Waals surface area contributed by atoms with E-state index in [1.165, 1.54) is 0 Å². The normalized spacial score (nSPS) is 22.3. The first kappa shape index (κ1) is 9.98. The van der Waals surface area contributed by atoms with Crippen LogP contribution in [0, 0.1) is 0 Å². The molecule has 1 unspecified atom stereocenters. The largest absolute Gasteiger partial charge is 0.479 e. The second kappa shape index (κ2) is 3.74. The SMILES string of the molecule is CCC1=NC(C)=NC(C(=O)O)C1=S. The first-order chi connectivity index (χ1) is 6.06. The summed E-state index contributed by atoms with van der Waals surface area (Å²) in [5, 5.41) is 8.79. The Kier molecular flexibility index (Phi) is 2.87. The molecular formula is C8H10N2O2S. The van der Waals surface area contributed by atoms with E-state index in [0.717, 1.165) is 0 Å². The second-order valence-electron chi connectivity index (χ2n) is 2.69. The Labute approximate surface area is 81.4 Å². The van der Waals surface area contributed by atoms with Gasteiger partial charge in [-0.25, -0.2) is 14.8 Å².